The molecule has 2 aromatic heterocycles. The molecule has 1 fully saturated rings. The van der Waals surface area contributed by atoms with Crippen molar-refractivity contribution >= 4 is 11.7 Å². The van der Waals surface area contributed by atoms with Gasteiger partial charge in [-0.15, -0.1) is 5.10 Å². The summed E-state index contributed by atoms with van der Waals surface area (Å²) in [5.41, 5.74) is 1.60. The van der Waals surface area contributed by atoms with E-state index in [2.05, 4.69) is 34.0 Å². The Morgan fingerprint density at radius 1 is 1.38 bits per heavy atom. The number of likely N-dealkylation sites (tertiary alicyclic amines) is 1. The Balaban J connectivity index is 1.62. The van der Waals surface area contributed by atoms with Gasteiger partial charge in [-0.25, -0.2) is 0 Å². The molecule has 7 heteroatoms. The van der Waals surface area contributed by atoms with Crippen LogP contribution in [0.15, 0.2) is 24.4 Å². The number of carbonyl (C=O) groups is 1. The zero-order valence-electron chi connectivity index (χ0n) is 16.1. The predicted molar refractivity (Wildman–Crippen MR) is 101 cm³/mol. The van der Waals surface area contributed by atoms with Crippen molar-refractivity contribution < 1.29 is 4.79 Å². The number of nitrogens with zero attached hydrogens (tertiary/aromatic N) is 6. The fourth-order valence-electron chi connectivity index (χ4n) is 3.50. The molecule has 1 aliphatic heterocycles. The maximum atomic E-state index is 12.8. The van der Waals surface area contributed by atoms with E-state index in [-0.39, 0.29) is 5.91 Å². The summed E-state index contributed by atoms with van der Waals surface area (Å²) in [4.78, 5) is 16.9. The van der Waals surface area contributed by atoms with Crippen LogP contribution in [0.5, 0.6) is 0 Å². The second kappa shape index (κ2) is 7.85. The van der Waals surface area contributed by atoms with Crippen LogP contribution < -0.4 is 4.90 Å². The van der Waals surface area contributed by atoms with Crippen LogP contribution in [0.25, 0.3) is 0 Å². The average molecular weight is 356 g/mol. The summed E-state index contributed by atoms with van der Waals surface area (Å²) in [5.74, 6) is 0.913. The number of anilines is 1. The Bertz CT molecular complexity index is 736. The lowest BCUT2D eigenvalue weighted by Gasteiger charge is -2.36. The van der Waals surface area contributed by atoms with E-state index >= 15 is 0 Å². The summed E-state index contributed by atoms with van der Waals surface area (Å²) < 4.78 is 1.96. The molecule has 140 valence electrons. The van der Waals surface area contributed by atoms with Crippen LogP contribution in [-0.4, -0.2) is 57.0 Å². The van der Waals surface area contributed by atoms with Crippen molar-refractivity contribution in [2.75, 3.05) is 25.0 Å². The predicted octanol–water partition coefficient (Wildman–Crippen LogP) is 2.69. The van der Waals surface area contributed by atoms with E-state index in [9.17, 15) is 4.79 Å². The van der Waals surface area contributed by atoms with Crippen LogP contribution in [0.3, 0.4) is 0 Å². The van der Waals surface area contributed by atoms with Crippen molar-refractivity contribution in [3.63, 3.8) is 0 Å². The van der Waals surface area contributed by atoms with Crippen molar-refractivity contribution in [2.45, 2.75) is 52.1 Å². The minimum Gasteiger partial charge on any atom is -0.355 e. The van der Waals surface area contributed by atoms with Crippen molar-refractivity contribution in [1.82, 2.24) is 24.9 Å². The lowest BCUT2D eigenvalue weighted by molar-refractivity contribution is 0.0706. The monoisotopic (exact) mass is 356 g/mol. The summed E-state index contributed by atoms with van der Waals surface area (Å²) >= 11 is 0. The molecule has 26 heavy (non-hydrogen) atoms. The molecule has 3 heterocycles. The summed E-state index contributed by atoms with van der Waals surface area (Å²) in [6.45, 7) is 7.75. The largest absolute Gasteiger partial charge is 0.355 e. The fourth-order valence-corrected chi connectivity index (χ4v) is 3.50. The number of rotatable bonds is 5. The molecule has 1 atom stereocenters. The molecular formula is C19H28N6O. The van der Waals surface area contributed by atoms with Crippen LogP contribution in [0.4, 0.5) is 5.82 Å². The fraction of sp³-hybridized carbons (Fsp3) is 0.579. The molecule has 3 rings (SSSR count). The van der Waals surface area contributed by atoms with Crippen LogP contribution in [0, 0.1) is 6.92 Å². The molecule has 1 unspecified atom stereocenters. The molecule has 0 saturated carbocycles. The summed E-state index contributed by atoms with van der Waals surface area (Å²) in [6, 6.07) is 6.45. The second-order valence-electron chi connectivity index (χ2n) is 7.09. The Kier molecular flexibility index (Phi) is 5.54. The highest BCUT2D eigenvalue weighted by molar-refractivity contribution is 5.92. The molecule has 0 radical (unpaired) electrons. The van der Waals surface area contributed by atoms with Crippen molar-refractivity contribution in [2.24, 2.45) is 0 Å². The first-order valence-corrected chi connectivity index (χ1v) is 9.37. The summed E-state index contributed by atoms with van der Waals surface area (Å²) in [7, 11) is 2.04. The molecule has 2 aromatic rings. The SMILES string of the molecule is CCC(C)n1nc(C(=O)N2CCC(N(C)c3cccnn3)CC2)cc1C. The minimum absolute atomic E-state index is 0.0377. The van der Waals surface area contributed by atoms with E-state index < -0.39 is 0 Å². The highest BCUT2D eigenvalue weighted by Gasteiger charge is 2.28. The van der Waals surface area contributed by atoms with Gasteiger partial charge in [-0.3, -0.25) is 9.48 Å². The number of carbonyl (C=O) groups excluding carboxylic acids is 1. The first-order chi connectivity index (χ1) is 12.5. The zero-order chi connectivity index (χ0) is 18.7. The van der Waals surface area contributed by atoms with Gasteiger partial charge in [-0.1, -0.05) is 6.92 Å². The minimum atomic E-state index is 0.0377. The molecule has 7 nitrogen and oxygen atoms in total. The van der Waals surface area contributed by atoms with Gasteiger partial charge < -0.3 is 9.80 Å². The number of piperidine rings is 1. The molecule has 1 saturated heterocycles. The second-order valence-corrected chi connectivity index (χ2v) is 7.09. The Hall–Kier alpha value is -2.44. The number of hydrogen-bond donors (Lipinski definition) is 0. The van der Waals surface area contributed by atoms with Crippen LogP contribution in [-0.2, 0) is 0 Å². The quantitative estimate of drug-likeness (QED) is 0.824. The molecule has 1 amide bonds. The number of aryl methyl sites for hydroxylation is 1. The molecule has 1 aliphatic rings. The third kappa shape index (κ3) is 3.71. The highest BCUT2D eigenvalue weighted by Crippen LogP contribution is 2.22. The van der Waals surface area contributed by atoms with Crippen LogP contribution in [0.2, 0.25) is 0 Å². The van der Waals surface area contributed by atoms with Gasteiger partial charge in [0, 0.05) is 44.1 Å². The molecule has 0 aliphatic carbocycles. The maximum absolute atomic E-state index is 12.8. The van der Waals surface area contributed by atoms with Gasteiger partial charge in [-0.2, -0.15) is 10.2 Å². The lowest BCUT2D eigenvalue weighted by atomic mass is 10.0. The first-order valence-electron chi connectivity index (χ1n) is 9.37. The van der Waals surface area contributed by atoms with Gasteiger partial charge in [0.1, 0.15) is 0 Å². The van der Waals surface area contributed by atoms with Crippen LogP contribution in [0.1, 0.15) is 55.3 Å². The van der Waals surface area contributed by atoms with Gasteiger partial charge in [0.15, 0.2) is 11.5 Å². The van der Waals surface area contributed by atoms with Gasteiger partial charge >= 0.3 is 0 Å². The van der Waals surface area contributed by atoms with Gasteiger partial charge in [0.2, 0.25) is 0 Å². The number of hydrogen-bond acceptors (Lipinski definition) is 5. The molecular weight excluding hydrogens is 328 g/mol. The summed E-state index contributed by atoms with van der Waals surface area (Å²) in [5, 5.41) is 12.7. The molecule has 0 spiro atoms. The number of amides is 1. The molecule has 0 bridgehead atoms. The van der Waals surface area contributed by atoms with Crippen LogP contribution >= 0.6 is 0 Å². The smallest absolute Gasteiger partial charge is 0.274 e. The van der Waals surface area contributed by atoms with E-state index in [4.69, 9.17) is 0 Å². The van der Waals surface area contributed by atoms with Gasteiger partial charge in [0.05, 0.1) is 0 Å². The lowest BCUT2D eigenvalue weighted by Crippen LogP contribution is -2.46. The topological polar surface area (TPSA) is 67.2 Å². The normalized spacial score (nSPS) is 16.5. The van der Waals surface area contributed by atoms with Crippen molar-refractivity contribution in [3.05, 3.63) is 35.8 Å². The third-order valence-electron chi connectivity index (χ3n) is 5.37. The Labute approximate surface area is 155 Å². The van der Waals surface area contributed by atoms with Gasteiger partial charge in [0.25, 0.3) is 5.91 Å². The van der Waals surface area contributed by atoms with Gasteiger partial charge in [-0.05, 0) is 51.3 Å². The average Bonchev–Trinajstić information content (AvgIpc) is 3.08. The Morgan fingerprint density at radius 2 is 2.12 bits per heavy atom. The third-order valence-corrected chi connectivity index (χ3v) is 5.37. The van der Waals surface area contributed by atoms with E-state index in [0.717, 1.165) is 43.9 Å². The molecule has 0 N–H and O–H groups in total. The zero-order valence-corrected chi connectivity index (χ0v) is 16.1. The van der Waals surface area contributed by atoms with Crippen molar-refractivity contribution in [1.29, 1.82) is 0 Å². The maximum Gasteiger partial charge on any atom is 0.274 e. The molecule has 0 aromatic carbocycles. The first kappa shape index (κ1) is 18.4. The van der Waals surface area contributed by atoms with E-state index in [1.54, 1.807) is 6.20 Å². The van der Waals surface area contributed by atoms with Crippen molar-refractivity contribution in [3.8, 4) is 0 Å². The standard InChI is InChI=1S/C19H28N6O/c1-5-14(2)25-15(3)13-17(22-25)19(26)24-11-8-16(9-12-24)23(4)18-7-6-10-20-21-18/h6-7,10,13-14,16H,5,8-9,11-12H2,1-4H3. The van der Waals surface area contributed by atoms with E-state index in [1.165, 1.54) is 0 Å². The number of aromatic nitrogens is 4. The Morgan fingerprint density at radius 3 is 2.73 bits per heavy atom. The highest BCUT2D eigenvalue weighted by atomic mass is 16.2. The van der Waals surface area contributed by atoms with E-state index in [0.29, 0.717) is 17.8 Å². The van der Waals surface area contributed by atoms with E-state index in [1.807, 2.05) is 41.8 Å². The summed E-state index contributed by atoms with van der Waals surface area (Å²) in [6.07, 6.45) is 4.52.